The smallest absolute Gasteiger partial charge is 0.315 e. The van der Waals surface area contributed by atoms with Gasteiger partial charge in [-0.2, -0.15) is 0 Å². The van der Waals surface area contributed by atoms with Gasteiger partial charge in [-0.3, -0.25) is 4.79 Å². The van der Waals surface area contributed by atoms with Crippen molar-refractivity contribution < 1.29 is 18.7 Å². The zero-order valence-corrected chi connectivity index (χ0v) is 8.39. The summed E-state index contributed by atoms with van der Waals surface area (Å²) < 4.78 is 27.2. The highest BCUT2D eigenvalue weighted by molar-refractivity contribution is 5.76. The molecular formula is C9H15F2NO2. The number of carbonyl (C=O) groups is 1. The summed E-state index contributed by atoms with van der Waals surface area (Å²) in [7, 11) is 1.58. The number of nitrogens with zero attached hydrogens (tertiary/aromatic N) is 1. The summed E-state index contributed by atoms with van der Waals surface area (Å²) in [4.78, 5) is 12.4. The highest BCUT2D eigenvalue weighted by Gasteiger charge is 2.60. The Labute approximate surface area is 81.7 Å². The Kier molecular flexibility index (Phi) is 2.81. The van der Waals surface area contributed by atoms with Crippen molar-refractivity contribution in [2.45, 2.75) is 25.7 Å². The third-order valence-electron chi connectivity index (χ3n) is 3.10. The van der Waals surface area contributed by atoms with Crippen LogP contribution >= 0.6 is 0 Å². The second kappa shape index (κ2) is 3.46. The number of aliphatic carboxylic acids is 1. The molecule has 1 rings (SSSR count). The number of hydrogen-bond acceptors (Lipinski definition) is 2. The first-order chi connectivity index (χ1) is 6.35. The van der Waals surface area contributed by atoms with Crippen molar-refractivity contribution in [1.29, 1.82) is 0 Å². The van der Waals surface area contributed by atoms with Gasteiger partial charge < -0.3 is 10.0 Å². The van der Waals surface area contributed by atoms with Crippen LogP contribution < -0.4 is 0 Å². The zero-order chi connectivity index (χ0) is 11.0. The number of piperidine rings is 1. The minimum atomic E-state index is -3.14. The van der Waals surface area contributed by atoms with Crippen LogP contribution in [0.5, 0.6) is 0 Å². The van der Waals surface area contributed by atoms with Gasteiger partial charge in [0.05, 0.1) is 6.54 Å². The van der Waals surface area contributed by atoms with Crippen molar-refractivity contribution in [2.75, 3.05) is 20.1 Å². The topological polar surface area (TPSA) is 40.5 Å². The van der Waals surface area contributed by atoms with Crippen LogP contribution in [-0.2, 0) is 4.79 Å². The standard InChI is InChI=1S/C9H15F2NO2/c1-3-8(7(13)14)4-5-12(2)6-9(8,10)11/h3-6H2,1-2H3,(H,13,14). The van der Waals surface area contributed by atoms with E-state index in [1.807, 2.05) is 0 Å². The molecule has 1 aliphatic rings. The normalized spacial score (nSPS) is 32.9. The largest absolute Gasteiger partial charge is 0.481 e. The molecule has 1 aliphatic heterocycles. The number of halogens is 2. The fourth-order valence-electron chi connectivity index (χ4n) is 1.98. The lowest BCUT2D eigenvalue weighted by Gasteiger charge is -2.43. The third kappa shape index (κ3) is 1.49. The van der Waals surface area contributed by atoms with Gasteiger partial charge in [-0.1, -0.05) is 6.92 Å². The van der Waals surface area contributed by atoms with Crippen molar-refractivity contribution in [3.05, 3.63) is 0 Å². The van der Waals surface area contributed by atoms with Crippen LogP contribution in [0.15, 0.2) is 0 Å². The maximum Gasteiger partial charge on any atom is 0.315 e. The van der Waals surface area contributed by atoms with E-state index in [0.29, 0.717) is 6.54 Å². The molecule has 0 spiro atoms. The van der Waals surface area contributed by atoms with Crippen LogP contribution in [0.25, 0.3) is 0 Å². The molecule has 0 aromatic heterocycles. The maximum absolute atomic E-state index is 13.6. The van der Waals surface area contributed by atoms with Gasteiger partial charge in [0.15, 0.2) is 0 Å². The molecule has 0 radical (unpaired) electrons. The first kappa shape index (κ1) is 11.4. The first-order valence-corrected chi connectivity index (χ1v) is 4.65. The summed E-state index contributed by atoms with van der Waals surface area (Å²) >= 11 is 0. The quantitative estimate of drug-likeness (QED) is 0.744. The van der Waals surface area contributed by atoms with Crippen molar-refractivity contribution >= 4 is 5.97 Å². The van der Waals surface area contributed by atoms with Gasteiger partial charge >= 0.3 is 5.97 Å². The van der Waals surface area contributed by atoms with E-state index < -0.39 is 23.9 Å². The zero-order valence-electron chi connectivity index (χ0n) is 8.39. The highest BCUT2D eigenvalue weighted by atomic mass is 19.3. The average molecular weight is 207 g/mol. The molecule has 3 nitrogen and oxygen atoms in total. The Morgan fingerprint density at radius 2 is 2.14 bits per heavy atom. The van der Waals surface area contributed by atoms with Crippen molar-refractivity contribution in [2.24, 2.45) is 5.41 Å². The monoisotopic (exact) mass is 207 g/mol. The summed E-state index contributed by atoms with van der Waals surface area (Å²) in [5, 5.41) is 8.91. The van der Waals surface area contributed by atoms with Gasteiger partial charge in [-0.25, -0.2) is 8.78 Å². The number of rotatable bonds is 2. The van der Waals surface area contributed by atoms with E-state index in [1.165, 1.54) is 11.8 Å². The molecule has 0 bridgehead atoms. The molecule has 1 N–H and O–H groups in total. The van der Waals surface area contributed by atoms with Crippen LogP contribution in [0, 0.1) is 5.41 Å². The number of likely N-dealkylation sites (tertiary alicyclic amines) is 1. The molecule has 5 heteroatoms. The van der Waals surface area contributed by atoms with E-state index in [9.17, 15) is 13.6 Å². The molecule has 0 aromatic rings. The number of alkyl halides is 2. The van der Waals surface area contributed by atoms with E-state index in [2.05, 4.69) is 0 Å². The molecular weight excluding hydrogens is 192 g/mol. The molecule has 0 aliphatic carbocycles. The van der Waals surface area contributed by atoms with Crippen molar-refractivity contribution in [3.63, 3.8) is 0 Å². The summed E-state index contributed by atoms with van der Waals surface area (Å²) in [6.07, 6.45) is -0.00843. The van der Waals surface area contributed by atoms with E-state index >= 15 is 0 Å². The Hall–Kier alpha value is -0.710. The highest BCUT2D eigenvalue weighted by Crippen LogP contribution is 2.46. The predicted octanol–water partition coefficient (Wildman–Crippen LogP) is 1.44. The van der Waals surface area contributed by atoms with Crippen molar-refractivity contribution in [3.8, 4) is 0 Å². The SMILES string of the molecule is CCC1(C(=O)O)CCN(C)CC1(F)F. The fraction of sp³-hybridized carbons (Fsp3) is 0.889. The van der Waals surface area contributed by atoms with Crippen LogP contribution in [0.1, 0.15) is 19.8 Å². The Morgan fingerprint density at radius 1 is 1.57 bits per heavy atom. The van der Waals surface area contributed by atoms with Crippen LogP contribution in [0.4, 0.5) is 8.78 Å². The van der Waals surface area contributed by atoms with Gasteiger partial charge in [0.25, 0.3) is 5.92 Å². The predicted molar refractivity (Wildman–Crippen MR) is 47.4 cm³/mol. The third-order valence-corrected chi connectivity index (χ3v) is 3.10. The molecule has 1 heterocycles. The molecule has 82 valence electrons. The van der Waals surface area contributed by atoms with Gasteiger partial charge in [0, 0.05) is 0 Å². The first-order valence-electron chi connectivity index (χ1n) is 4.65. The lowest BCUT2D eigenvalue weighted by atomic mass is 9.73. The Morgan fingerprint density at radius 3 is 2.50 bits per heavy atom. The van der Waals surface area contributed by atoms with E-state index in [4.69, 9.17) is 5.11 Å². The van der Waals surface area contributed by atoms with Gasteiger partial charge in [0.1, 0.15) is 5.41 Å². The lowest BCUT2D eigenvalue weighted by molar-refractivity contribution is -0.197. The summed E-state index contributed by atoms with van der Waals surface area (Å²) in [5.41, 5.74) is -1.86. The van der Waals surface area contributed by atoms with Crippen LogP contribution in [-0.4, -0.2) is 42.0 Å². The van der Waals surface area contributed by atoms with Crippen molar-refractivity contribution in [1.82, 2.24) is 4.90 Å². The molecule has 1 fully saturated rings. The Bertz CT molecular complexity index is 245. The molecule has 0 amide bonds. The summed E-state index contributed by atoms with van der Waals surface area (Å²) in [6, 6.07) is 0. The second-order valence-corrected chi connectivity index (χ2v) is 3.93. The van der Waals surface area contributed by atoms with E-state index in [-0.39, 0.29) is 12.8 Å². The fourth-order valence-corrected chi connectivity index (χ4v) is 1.98. The number of carboxylic acid groups (broad SMARTS) is 1. The number of hydrogen-bond donors (Lipinski definition) is 1. The van der Waals surface area contributed by atoms with E-state index in [0.717, 1.165) is 0 Å². The second-order valence-electron chi connectivity index (χ2n) is 3.93. The van der Waals surface area contributed by atoms with Gasteiger partial charge in [-0.05, 0) is 26.4 Å². The Balaban J connectivity index is 3.01. The molecule has 1 atom stereocenters. The van der Waals surface area contributed by atoms with Crippen LogP contribution in [0.3, 0.4) is 0 Å². The van der Waals surface area contributed by atoms with Gasteiger partial charge in [0.2, 0.25) is 0 Å². The molecule has 1 unspecified atom stereocenters. The lowest BCUT2D eigenvalue weighted by Crippen LogP contribution is -2.58. The summed E-state index contributed by atoms with van der Waals surface area (Å²) in [5.74, 6) is -4.52. The average Bonchev–Trinajstić information content (AvgIpc) is 2.02. The van der Waals surface area contributed by atoms with Gasteiger partial charge in [-0.15, -0.1) is 0 Å². The van der Waals surface area contributed by atoms with Crippen LogP contribution in [0.2, 0.25) is 0 Å². The minimum absolute atomic E-state index is 0.0162. The summed E-state index contributed by atoms with van der Waals surface area (Å²) in [6.45, 7) is 1.45. The number of carboxylic acids is 1. The maximum atomic E-state index is 13.6. The molecule has 1 saturated heterocycles. The molecule has 0 aromatic carbocycles. The molecule has 0 saturated carbocycles. The van der Waals surface area contributed by atoms with E-state index in [1.54, 1.807) is 7.05 Å². The molecule has 14 heavy (non-hydrogen) atoms. The minimum Gasteiger partial charge on any atom is -0.481 e.